The molecule has 2 aliphatic heterocycles. The number of amides is 1. The van der Waals surface area contributed by atoms with Crippen LogP contribution in [0.5, 0.6) is 0 Å². The number of carbonyl (C=O) groups is 1. The Morgan fingerprint density at radius 1 is 1.20 bits per heavy atom. The van der Waals surface area contributed by atoms with Crippen LogP contribution in [0.4, 0.5) is 0 Å². The van der Waals surface area contributed by atoms with Gasteiger partial charge in [-0.05, 0) is 43.0 Å². The first kappa shape index (κ1) is 16.8. The number of hydrogen-bond acceptors (Lipinski definition) is 4. The van der Waals surface area contributed by atoms with Gasteiger partial charge in [0.2, 0.25) is 0 Å². The molecule has 1 atom stereocenters. The summed E-state index contributed by atoms with van der Waals surface area (Å²) in [7, 11) is 0. The Morgan fingerprint density at radius 2 is 2.00 bits per heavy atom. The lowest BCUT2D eigenvalue weighted by atomic mass is 9.97. The highest BCUT2D eigenvalue weighted by Crippen LogP contribution is 2.28. The van der Waals surface area contributed by atoms with Crippen molar-refractivity contribution >= 4 is 17.2 Å². The number of nitrogens with zero attached hydrogens (tertiary/aromatic N) is 2. The van der Waals surface area contributed by atoms with Crippen LogP contribution in [0, 0.1) is 6.92 Å². The van der Waals surface area contributed by atoms with Crippen molar-refractivity contribution in [3.05, 3.63) is 57.3 Å². The van der Waals surface area contributed by atoms with Crippen LogP contribution in [0.1, 0.15) is 32.1 Å². The fourth-order valence-electron chi connectivity index (χ4n) is 3.97. The number of carbonyl (C=O) groups excluding carboxylic acids is 1. The Hall–Kier alpha value is -1.69. The quantitative estimate of drug-likeness (QED) is 0.920. The Balaban J connectivity index is 1.39. The zero-order valence-electron chi connectivity index (χ0n) is 14.6. The predicted molar refractivity (Wildman–Crippen MR) is 99.9 cm³/mol. The Bertz CT molecular complexity index is 788. The molecule has 0 bridgehead atoms. The van der Waals surface area contributed by atoms with E-state index in [-0.39, 0.29) is 5.91 Å². The van der Waals surface area contributed by atoms with Gasteiger partial charge in [0, 0.05) is 31.1 Å². The van der Waals surface area contributed by atoms with Gasteiger partial charge in [0.05, 0.1) is 17.0 Å². The molecule has 1 N–H and O–H groups in total. The number of benzene rings is 1. The molecule has 132 valence electrons. The summed E-state index contributed by atoms with van der Waals surface area (Å²) in [6, 6.07) is 12.4. The smallest absolute Gasteiger partial charge is 0.264 e. The standard InChI is InChI=1S/C20H24N2O2S/c1-15-6-7-18(25-15)19(23)22-11-9-20(24,14-22)13-21-10-8-16-4-2-3-5-17(16)12-21/h2-7,24H,8-14H2,1H3/t20-/m0/s1. The average molecular weight is 356 g/mol. The molecular weight excluding hydrogens is 332 g/mol. The van der Waals surface area contributed by atoms with Crippen molar-refractivity contribution in [2.45, 2.75) is 31.9 Å². The first-order chi connectivity index (χ1) is 12.0. The van der Waals surface area contributed by atoms with Gasteiger partial charge in [-0.25, -0.2) is 0 Å². The second-order valence-electron chi connectivity index (χ2n) is 7.34. The molecule has 0 saturated carbocycles. The lowest BCUT2D eigenvalue weighted by Gasteiger charge is -2.34. The van der Waals surface area contributed by atoms with Gasteiger partial charge >= 0.3 is 0 Å². The molecule has 3 heterocycles. The van der Waals surface area contributed by atoms with Crippen molar-refractivity contribution < 1.29 is 9.90 Å². The van der Waals surface area contributed by atoms with E-state index in [9.17, 15) is 9.90 Å². The highest BCUT2D eigenvalue weighted by molar-refractivity contribution is 7.13. The Kier molecular flexibility index (Phi) is 4.40. The van der Waals surface area contributed by atoms with E-state index in [1.54, 1.807) is 0 Å². The topological polar surface area (TPSA) is 43.8 Å². The summed E-state index contributed by atoms with van der Waals surface area (Å²) in [4.78, 5) is 18.7. The Morgan fingerprint density at radius 3 is 2.76 bits per heavy atom. The largest absolute Gasteiger partial charge is 0.387 e. The van der Waals surface area contributed by atoms with E-state index < -0.39 is 5.60 Å². The van der Waals surface area contributed by atoms with Crippen LogP contribution in [0.2, 0.25) is 0 Å². The molecule has 4 rings (SSSR count). The van der Waals surface area contributed by atoms with E-state index in [0.717, 1.165) is 29.3 Å². The zero-order valence-corrected chi connectivity index (χ0v) is 15.4. The van der Waals surface area contributed by atoms with Gasteiger partial charge in [-0.15, -0.1) is 11.3 Å². The van der Waals surface area contributed by atoms with Gasteiger partial charge in [0.15, 0.2) is 0 Å². The average Bonchev–Trinajstić information content (AvgIpc) is 3.20. The fourth-order valence-corrected chi connectivity index (χ4v) is 4.80. The van der Waals surface area contributed by atoms with Crippen LogP contribution in [0.3, 0.4) is 0 Å². The molecule has 5 heteroatoms. The van der Waals surface area contributed by atoms with Gasteiger partial charge in [-0.3, -0.25) is 9.69 Å². The third-order valence-electron chi connectivity index (χ3n) is 5.30. The van der Waals surface area contributed by atoms with Crippen LogP contribution in [-0.4, -0.2) is 52.6 Å². The number of β-amino-alcohol motifs (C(OH)–C–C–N with tert-alkyl or cyclic N) is 1. The van der Waals surface area contributed by atoms with Gasteiger partial charge in [-0.1, -0.05) is 24.3 Å². The van der Waals surface area contributed by atoms with Gasteiger partial charge in [0.25, 0.3) is 5.91 Å². The fraction of sp³-hybridized carbons (Fsp3) is 0.450. The number of thiophene rings is 1. The second-order valence-corrected chi connectivity index (χ2v) is 8.63. The van der Waals surface area contributed by atoms with E-state index in [1.165, 1.54) is 22.5 Å². The van der Waals surface area contributed by atoms with E-state index in [4.69, 9.17) is 0 Å². The van der Waals surface area contributed by atoms with Crippen molar-refractivity contribution in [3.63, 3.8) is 0 Å². The molecule has 0 unspecified atom stereocenters. The molecule has 4 nitrogen and oxygen atoms in total. The maximum absolute atomic E-state index is 12.6. The van der Waals surface area contributed by atoms with Crippen LogP contribution in [0.25, 0.3) is 0 Å². The normalized spacial score (nSPS) is 23.7. The van der Waals surface area contributed by atoms with E-state index in [2.05, 4.69) is 29.2 Å². The lowest BCUT2D eigenvalue weighted by molar-refractivity contribution is 0.00810. The molecule has 1 saturated heterocycles. The second kappa shape index (κ2) is 6.56. The molecule has 0 aliphatic carbocycles. The lowest BCUT2D eigenvalue weighted by Crippen LogP contribution is -2.47. The number of rotatable bonds is 3. The number of likely N-dealkylation sites (tertiary alicyclic amines) is 1. The summed E-state index contributed by atoms with van der Waals surface area (Å²) in [5.74, 6) is 0.0537. The van der Waals surface area contributed by atoms with Gasteiger partial charge < -0.3 is 10.0 Å². The SMILES string of the molecule is Cc1ccc(C(=O)N2CC[C@](O)(CN3CCc4ccccc4C3)C2)s1. The molecular formula is C20H24N2O2S. The van der Waals surface area contributed by atoms with E-state index >= 15 is 0 Å². The Labute approximate surface area is 152 Å². The van der Waals surface area contributed by atoms with Crippen LogP contribution in [0.15, 0.2) is 36.4 Å². The summed E-state index contributed by atoms with van der Waals surface area (Å²) in [5.41, 5.74) is 1.98. The van der Waals surface area contributed by atoms with Crippen molar-refractivity contribution in [2.75, 3.05) is 26.2 Å². The third kappa shape index (κ3) is 3.50. The molecule has 2 aliphatic rings. The van der Waals surface area contributed by atoms with Gasteiger partial charge in [0.1, 0.15) is 0 Å². The van der Waals surface area contributed by atoms with Crippen molar-refractivity contribution in [3.8, 4) is 0 Å². The first-order valence-corrected chi connectivity index (χ1v) is 9.71. The predicted octanol–water partition coefficient (Wildman–Crippen LogP) is 2.69. The summed E-state index contributed by atoms with van der Waals surface area (Å²) in [5, 5.41) is 11.0. The monoisotopic (exact) mass is 356 g/mol. The van der Waals surface area contributed by atoms with Crippen molar-refractivity contribution in [2.24, 2.45) is 0 Å². The minimum atomic E-state index is -0.797. The van der Waals surface area contributed by atoms with Crippen molar-refractivity contribution in [1.29, 1.82) is 0 Å². The molecule has 0 radical (unpaired) electrons. The van der Waals surface area contributed by atoms with Gasteiger partial charge in [-0.2, -0.15) is 0 Å². The van der Waals surface area contributed by atoms with Crippen LogP contribution >= 0.6 is 11.3 Å². The number of aryl methyl sites for hydroxylation is 1. The third-order valence-corrected chi connectivity index (χ3v) is 6.29. The van der Waals surface area contributed by atoms with Crippen LogP contribution < -0.4 is 0 Å². The maximum Gasteiger partial charge on any atom is 0.264 e. The highest BCUT2D eigenvalue weighted by atomic mass is 32.1. The summed E-state index contributed by atoms with van der Waals surface area (Å²) in [6.45, 7) is 5.57. The number of hydrogen-bond donors (Lipinski definition) is 1. The molecule has 1 aromatic carbocycles. The van der Waals surface area contributed by atoms with E-state index in [1.807, 2.05) is 24.0 Å². The molecule has 25 heavy (non-hydrogen) atoms. The maximum atomic E-state index is 12.6. The zero-order chi connectivity index (χ0) is 17.4. The van der Waals surface area contributed by atoms with E-state index in [0.29, 0.717) is 26.1 Å². The highest BCUT2D eigenvalue weighted by Gasteiger charge is 2.40. The molecule has 2 aromatic rings. The molecule has 0 spiro atoms. The molecule has 1 aromatic heterocycles. The first-order valence-electron chi connectivity index (χ1n) is 8.90. The number of fused-ring (bicyclic) bond motifs is 1. The summed E-state index contributed by atoms with van der Waals surface area (Å²) >= 11 is 1.53. The molecule has 1 amide bonds. The molecule has 1 fully saturated rings. The number of aliphatic hydroxyl groups is 1. The minimum absolute atomic E-state index is 0.0537. The minimum Gasteiger partial charge on any atom is -0.387 e. The van der Waals surface area contributed by atoms with Crippen LogP contribution in [-0.2, 0) is 13.0 Å². The van der Waals surface area contributed by atoms with Crippen molar-refractivity contribution in [1.82, 2.24) is 9.80 Å². The summed E-state index contributed by atoms with van der Waals surface area (Å²) < 4.78 is 0. The summed E-state index contributed by atoms with van der Waals surface area (Å²) in [6.07, 6.45) is 1.69.